The molecule has 0 aromatic heterocycles. The predicted octanol–water partition coefficient (Wildman–Crippen LogP) is 9.12. The molecule has 0 heterocycles. The second kappa shape index (κ2) is 6.57. The van der Waals surface area contributed by atoms with Crippen LogP contribution in [-0.2, 0) is 6.42 Å². The van der Waals surface area contributed by atoms with Crippen molar-refractivity contribution in [2.24, 2.45) is 38.9 Å². The lowest BCUT2D eigenvalue weighted by molar-refractivity contribution is -0.186. The van der Waals surface area contributed by atoms with Crippen LogP contribution in [0.2, 0.25) is 0 Å². The molecule has 0 amide bonds. The van der Waals surface area contributed by atoms with Crippen molar-refractivity contribution >= 4 is 5.57 Å². The zero-order valence-electron chi connectivity index (χ0n) is 22.5. The van der Waals surface area contributed by atoms with Crippen LogP contribution in [0.25, 0.3) is 5.57 Å². The van der Waals surface area contributed by atoms with E-state index in [4.69, 9.17) is 0 Å². The summed E-state index contributed by atoms with van der Waals surface area (Å²) in [6.07, 6.45) is 18.0. The number of fused-ring (bicyclic) bond motifs is 6. The van der Waals surface area contributed by atoms with Gasteiger partial charge in [-0.3, -0.25) is 0 Å². The maximum atomic E-state index is 2.68. The van der Waals surface area contributed by atoms with E-state index in [-0.39, 0.29) is 27.1 Å². The number of benzene rings is 1. The van der Waals surface area contributed by atoms with Gasteiger partial charge in [0, 0.05) is 16.7 Å². The van der Waals surface area contributed by atoms with Crippen LogP contribution >= 0.6 is 0 Å². The number of hydrogen-bond donors (Lipinski definition) is 0. The van der Waals surface area contributed by atoms with Gasteiger partial charge in [0.25, 0.3) is 0 Å². The molecule has 0 spiro atoms. The summed E-state index contributed by atoms with van der Waals surface area (Å²) in [4.78, 5) is 0. The molecule has 1 aromatic carbocycles. The largest absolute Gasteiger partial charge is 0.0842 e. The molecule has 178 valence electrons. The molecule has 1 fully saturated rings. The van der Waals surface area contributed by atoms with Gasteiger partial charge in [0.1, 0.15) is 0 Å². The van der Waals surface area contributed by atoms with Crippen molar-refractivity contribution < 1.29 is 0 Å². The third kappa shape index (κ3) is 2.23. The van der Waals surface area contributed by atoms with Crippen molar-refractivity contribution in [2.45, 2.75) is 74.7 Å². The van der Waals surface area contributed by atoms with E-state index in [1.165, 1.54) is 24.0 Å². The Morgan fingerprint density at radius 3 is 2.21 bits per heavy atom. The van der Waals surface area contributed by atoms with E-state index >= 15 is 0 Å². The normalized spacial score (nSPS) is 36.4. The molecular weight excluding hydrogens is 408 g/mol. The van der Waals surface area contributed by atoms with Gasteiger partial charge >= 0.3 is 0 Å². The molecule has 5 aliphatic rings. The Morgan fingerprint density at radius 1 is 0.824 bits per heavy atom. The molecule has 1 aromatic rings. The molecule has 3 unspecified atom stereocenters. The Bertz CT molecular complexity index is 1220. The molecule has 0 aliphatic heterocycles. The van der Waals surface area contributed by atoms with Crippen molar-refractivity contribution in [1.29, 1.82) is 0 Å². The van der Waals surface area contributed by atoms with Crippen LogP contribution in [0.4, 0.5) is 0 Å². The summed E-state index contributed by atoms with van der Waals surface area (Å²) in [7, 11) is 0. The average molecular weight is 451 g/mol. The van der Waals surface area contributed by atoms with E-state index in [2.05, 4.69) is 116 Å². The molecule has 0 heteroatoms. The topological polar surface area (TPSA) is 0 Å². The van der Waals surface area contributed by atoms with Crippen molar-refractivity contribution in [3.8, 4) is 0 Å². The standard InChI is InChI=1S/C34H42/c1-30(2)28(22-15-9-10-16-22)29-25-21-23-17-11-12-18-24(23)27(25)26-19-13-14-20-33(26,7)34(29,8)32(5,6)31(30,3)4/h9-13,15-19,22,28H,14,20-21H2,1-8H3. The van der Waals surface area contributed by atoms with Crippen molar-refractivity contribution in [3.63, 3.8) is 0 Å². The SMILES string of the molecule is CC12CCC=CC1=C1C(=C3C(C4C=CC=C4)C(C)(C)C(C)(C)C(C)(C)C32C)Cc2ccccc21. The van der Waals surface area contributed by atoms with Gasteiger partial charge in [-0.15, -0.1) is 0 Å². The molecule has 0 N–H and O–H groups in total. The quantitative estimate of drug-likeness (QED) is 0.400. The summed E-state index contributed by atoms with van der Waals surface area (Å²) in [5, 5.41) is 0. The fraction of sp³-hybridized carbons (Fsp3) is 0.529. The van der Waals surface area contributed by atoms with Crippen LogP contribution in [-0.4, -0.2) is 0 Å². The average Bonchev–Trinajstić information content (AvgIpc) is 3.43. The highest BCUT2D eigenvalue weighted by Gasteiger charge is 2.72. The lowest BCUT2D eigenvalue weighted by atomic mass is 9.29. The van der Waals surface area contributed by atoms with Gasteiger partial charge in [0.15, 0.2) is 0 Å². The Labute approximate surface area is 207 Å². The number of hydrogen-bond acceptors (Lipinski definition) is 0. The molecule has 1 saturated carbocycles. The van der Waals surface area contributed by atoms with Crippen molar-refractivity contribution in [1.82, 2.24) is 0 Å². The van der Waals surface area contributed by atoms with Crippen molar-refractivity contribution in [2.75, 3.05) is 0 Å². The van der Waals surface area contributed by atoms with Crippen LogP contribution in [0.1, 0.15) is 79.4 Å². The van der Waals surface area contributed by atoms with Crippen LogP contribution in [0, 0.1) is 38.9 Å². The third-order valence-corrected chi connectivity index (χ3v) is 12.6. The van der Waals surface area contributed by atoms with E-state index in [0.29, 0.717) is 11.8 Å². The van der Waals surface area contributed by atoms with Crippen LogP contribution in [0.3, 0.4) is 0 Å². The minimum absolute atomic E-state index is 0.0783. The van der Waals surface area contributed by atoms with E-state index in [1.54, 1.807) is 22.3 Å². The first-order valence-corrected chi connectivity index (χ1v) is 13.5. The van der Waals surface area contributed by atoms with Crippen molar-refractivity contribution in [3.05, 3.63) is 88.6 Å². The first kappa shape index (κ1) is 22.4. The monoisotopic (exact) mass is 450 g/mol. The minimum Gasteiger partial charge on any atom is -0.0842 e. The van der Waals surface area contributed by atoms with Crippen LogP contribution < -0.4 is 0 Å². The maximum absolute atomic E-state index is 2.68. The Balaban J connectivity index is 1.79. The fourth-order valence-corrected chi connectivity index (χ4v) is 9.32. The van der Waals surface area contributed by atoms with E-state index in [9.17, 15) is 0 Å². The molecule has 0 nitrogen and oxygen atoms in total. The molecule has 0 radical (unpaired) electrons. The predicted molar refractivity (Wildman–Crippen MR) is 145 cm³/mol. The Hall–Kier alpha value is -2.08. The smallest absolute Gasteiger partial charge is 0.00440 e. The van der Waals surface area contributed by atoms with Crippen LogP contribution in [0.5, 0.6) is 0 Å². The Morgan fingerprint density at radius 2 is 1.50 bits per heavy atom. The van der Waals surface area contributed by atoms with Gasteiger partial charge in [-0.1, -0.05) is 122 Å². The van der Waals surface area contributed by atoms with E-state index < -0.39 is 0 Å². The van der Waals surface area contributed by atoms with Gasteiger partial charge < -0.3 is 0 Å². The zero-order valence-corrected chi connectivity index (χ0v) is 22.5. The maximum Gasteiger partial charge on any atom is 0.00440 e. The summed E-state index contributed by atoms with van der Waals surface area (Å²) in [6.45, 7) is 20.9. The molecule has 3 atom stereocenters. The number of rotatable bonds is 1. The summed E-state index contributed by atoms with van der Waals surface area (Å²) in [5.41, 5.74) is 10.3. The van der Waals surface area contributed by atoms with Gasteiger partial charge in [-0.05, 0) is 69.3 Å². The lowest BCUT2D eigenvalue weighted by Gasteiger charge is -2.74. The third-order valence-electron chi connectivity index (χ3n) is 12.6. The summed E-state index contributed by atoms with van der Waals surface area (Å²) in [5.74, 6) is 0.973. The first-order chi connectivity index (χ1) is 15.9. The van der Waals surface area contributed by atoms with Gasteiger partial charge in [-0.2, -0.15) is 0 Å². The Kier molecular flexibility index (Phi) is 4.32. The fourth-order valence-electron chi connectivity index (χ4n) is 9.32. The minimum atomic E-state index is 0.0783. The van der Waals surface area contributed by atoms with Gasteiger partial charge in [-0.25, -0.2) is 0 Å². The summed E-state index contributed by atoms with van der Waals surface area (Å²) in [6, 6.07) is 9.25. The molecule has 5 aliphatic carbocycles. The summed E-state index contributed by atoms with van der Waals surface area (Å²) >= 11 is 0. The molecular formula is C34H42. The molecule has 0 saturated heterocycles. The van der Waals surface area contributed by atoms with Gasteiger partial charge in [0.2, 0.25) is 0 Å². The summed E-state index contributed by atoms with van der Waals surface area (Å²) < 4.78 is 0. The highest BCUT2D eigenvalue weighted by molar-refractivity contribution is 5.93. The lowest BCUT2D eigenvalue weighted by Crippen LogP contribution is -2.68. The molecule has 6 rings (SSSR count). The first-order valence-electron chi connectivity index (χ1n) is 13.5. The molecule has 34 heavy (non-hydrogen) atoms. The second-order valence-electron chi connectivity index (χ2n) is 13.7. The van der Waals surface area contributed by atoms with E-state index in [0.717, 1.165) is 6.42 Å². The molecule has 0 bridgehead atoms. The highest BCUT2D eigenvalue weighted by atomic mass is 14.8. The highest BCUT2D eigenvalue weighted by Crippen LogP contribution is 2.80. The van der Waals surface area contributed by atoms with E-state index in [1.807, 2.05) is 0 Å². The zero-order chi connectivity index (χ0) is 24.3. The second-order valence-corrected chi connectivity index (χ2v) is 13.7. The van der Waals surface area contributed by atoms with Crippen LogP contribution in [0.15, 0.2) is 77.4 Å². The number of allylic oxidation sites excluding steroid dienone is 10. The van der Waals surface area contributed by atoms with Gasteiger partial charge in [0.05, 0.1) is 0 Å².